The molecule has 0 aliphatic heterocycles. The molecule has 2 aromatic rings. The Bertz CT molecular complexity index is 592. The summed E-state index contributed by atoms with van der Waals surface area (Å²) in [5.41, 5.74) is 6.43. The van der Waals surface area contributed by atoms with Crippen LogP contribution >= 0.6 is 11.6 Å². The molecule has 0 bridgehead atoms. The summed E-state index contributed by atoms with van der Waals surface area (Å²) in [6.07, 6.45) is 0. The molecule has 4 nitrogen and oxygen atoms in total. The molecule has 0 aliphatic carbocycles. The highest BCUT2D eigenvalue weighted by atomic mass is 35.5. The lowest BCUT2D eigenvalue weighted by atomic mass is 9.87. The smallest absolute Gasteiger partial charge is 0.244 e. The predicted octanol–water partition coefficient (Wildman–Crippen LogP) is 3.58. The lowest BCUT2D eigenvalue weighted by molar-refractivity contribution is 0.253. The quantitative estimate of drug-likeness (QED) is 0.915. The monoisotopic (exact) mass is 283 g/mol. The fourth-order valence-electron chi connectivity index (χ4n) is 1.48. The first kappa shape index (κ1) is 14.0. The first-order chi connectivity index (χ1) is 8.79. The Morgan fingerprint density at radius 3 is 2.63 bits per heavy atom. The Morgan fingerprint density at radius 2 is 2.05 bits per heavy atom. The van der Waals surface area contributed by atoms with Crippen LogP contribution < -0.4 is 5.73 Å². The SMILES string of the molecule is CC(C)(C)[C@@H](N)c1nc(-c2ccc(F)c(Cl)c2)no1. The number of hydrogen-bond donors (Lipinski definition) is 1. The highest BCUT2D eigenvalue weighted by Crippen LogP contribution is 2.31. The molecule has 1 aromatic carbocycles. The van der Waals surface area contributed by atoms with Gasteiger partial charge < -0.3 is 10.3 Å². The Kier molecular flexibility index (Phi) is 3.60. The molecule has 1 atom stereocenters. The number of hydrogen-bond acceptors (Lipinski definition) is 4. The first-order valence-electron chi connectivity index (χ1n) is 5.83. The molecule has 0 amide bonds. The second-order valence-corrected chi connectivity index (χ2v) is 5.84. The van der Waals surface area contributed by atoms with Crippen LogP contribution in [-0.4, -0.2) is 10.1 Å². The molecule has 102 valence electrons. The van der Waals surface area contributed by atoms with Gasteiger partial charge in [-0.3, -0.25) is 0 Å². The molecule has 0 saturated heterocycles. The number of nitrogens with two attached hydrogens (primary N) is 1. The summed E-state index contributed by atoms with van der Waals surface area (Å²) in [6.45, 7) is 5.95. The zero-order valence-electron chi connectivity index (χ0n) is 10.9. The van der Waals surface area contributed by atoms with Gasteiger partial charge >= 0.3 is 0 Å². The highest BCUT2D eigenvalue weighted by Gasteiger charge is 2.27. The van der Waals surface area contributed by atoms with E-state index in [9.17, 15) is 4.39 Å². The molecule has 0 fully saturated rings. The summed E-state index contributed by atoms with van der Waals surface area (Å²) >= 11 is 5.72. The van der Waals surface area contributed by atoms with Crippen LogP contribution in [0.3, 0.4) is 0 Å². The van der Waals surface area contributed by atoms with E-state index >= 15 is 0 Å². The van der Waals surface area contributed by atoms with E-state index < -0.39 is 5.82 Å². The Hall–Kier alpha value is -1.46. The van der Waals surface area contributed by atoms with Gasteiger partial charge in [0.15, 0.2) is 0 Å². The van der Waals surface area contributed by atoms with Crippen molar-refractivity contribution in [3.05, 3.63) is 34.9 Å². The summed E-state index contributed by atoms with van der Waals surface area (Å²) in [5, 5.41) is 3.86. The van der Waals surface area contributed by atoms with Crippen molar-refractivity contribution < 1.29 is 8.91 Å². The molecule has 19 heavy (non-hydrogen) atoms. The van der Waals surface area contributed by atoms with Crippen molar-refractivity contribution in [3.8, 4) is 11.4 Å². The van der Waals surface area contributed by atoms with Gasteiger partial charge in [-0.2, -0.15) is 4.98 Å². The van der Waals surface area contributed by atoms with Crippen molar-refractivity contribution in [1.82, 2.24) is 10.1 Å². The van der Waals surface area contributed by atoms with Crippen LogP contribution in [0.4, 0.5) is 4.39 Å². The van der Waals surface area contributed by atoms with Gasteiger partial charge in [0.2, 0.25) is 11.7 Å². The van der Waals surface area contributed by atoms with Crippen LogP contribution in [0.1, 0.15) is 32.7 Å². The van der Waals surface area contributed by atoms with E-state index in [1.165, 1.54) is 12.1 Å². The van der Waals surface area contributed by atoms with Gasteiger partial charge in [0, 0.05) is 5.56 Å². The third-order valence-corrected chi connectivity index (χ3v) is 3.11. The van der Waals surface area contributed by atoms with Gasteiger partial charge in [-0.1, -0.05) is 37.5 Å². The fraction of sp³-hybridized carbons (Fsp3) is 0.385. The topological polar surface area (TPSA) is 64.9 Å². The maximum atomic E-state index is 13.1. The van der Waals surface area contributed by atoms with E-state index in [1.807, 2.05) is 20.8 Å². The minimum absolute atomic E-state index is 0.0176. The number of benzene rings is 1. The lowest BCUT2D eigenvalue weighted by Gasteiger charge is -2.23. The largest absolute Gasteiger partial charge is 0.337 e. The molecule has 0 aliphatic rings. The van der Waals surface area contributed by atoms with E-state index in [2.05, 4.69) is 10.1 Å². The van der Waals surface area contributed by atoms with E-state index in [-0.39, 0.29) is 16.5 Å². The molecule has 0 spiro atoms. The van der Waals surface area contributed by atoms with Crippen LogP contribution in [-0.2, 0) is 0 Å². The Balaban J connectivity index is 2.33. The summed E-state index contributed by atoms with van der Waals surface area (Å²) < 4.78 is 18.2. The minimum Gasteiger partial charge on any atom is -0.337 e. The molecule has 1 heterocycles. The molecule has 1 aromatic heterocycles. The number of halogens is 2. The molecular weight excluding hydrogens is 269 g/mol. The van der Waals surface area contributed by atoms with E-state index in [0.717, 1.165) is 0 Å². The van der Waals surface area contributed by atoms with E-state index in [0.29, 0.717) is 17.3 Å². The second kappa shape index (κ2) is 4.90. The normalized spacial score (nSPS) is 13.6. The van der Waals surface area contributed by atoms with Gasteiger partial charge in [-0.15, -0.1) is 0 Å². The van der Waals surface area contributed by atoms with Gasteiger partial charge in [-0.25, -0.2) is 4.39 Å². The van der Waals surface area contributed by atoms with Crippen LogP contribution in [0.5, 0.6) is 0 Å². The van der Waals surface area contributed by atoms with Crippen LogP contribution in [0.15, 0.2) is 22.7 Å². The molecule has 6 heteroatoms. The zero-order valence-corrected chi connectivity index (χ0v) is 11.7. The number of nitrogens with zero attached hydrogens (tertiary/aromatic N) is 2. The Morgan fingerprint density at radius 1 is 1.37 bits per heavy atom. The number of rotatable bonds is 2. The van der Waals surface area contributed by atoms with Gasteiger partial charge in [0.05, 0.1) is 11.1 Å². The van der Waals surface area contributed by atoms with Gasteiger partial charge in [0.1, 0.15) is 5.82 Å². The molecule has 0 radical (unpaired) electrons. The third kappa shape index (κ3) is 2.93. The average molecular weight is 284 g/mol. The second-order valence-electron chi connectivity index (χ2n) is 5.43. The van der Waals surface area contributed by atoms with Crippen LogP contribution in [0.2, 0.25) is 5.02 Å². The Labute approximate surface area is 115 Å². The van der Waals surface area contributed by atoms with Crippen molar-refractivity contribution in [1.29, 1.82) is 0 Å². The average Bonchev–Trinajstić information content (AvgIpc) is 2.79. The third-order valence-electron chi connectivity index (χ3n) is 2.82. The molecule has 2 N–H and O–H groups in total. The van der Waals surface area contributed by atoms with Crippen LogP contribution in [0, 0.1) is 11.2 Å². The first-order valence-corrected chi connectivity index (χ1v) is 6.21. The van der Waals surface area contributed by atoms with Crippen molar-refractivity contribution in [2.75, 3.05) is 0 Å². The summed E-state index contributed by atoms with van der Waals surface area (Å²) in [4.78, 5) is 4.23. The maximum Gasteiger partial charge on any atom is 0.244 e. The maximum absolute atomic E-state index is 13.1. The number of aromatic nitrogens is 2. The highest BCUT2D eigenvalue weighted by molar-refractivity contribution is 6.31. The predicted molar refractivity (Wildman–Crippen MR) is 71.1 cm³/mol. The van der Waals surface area contributed by atoms with E-state index in [4.69, 9.17) is 21.9 Å². The van der Waals surface area contributed by atoms with Crippen LogP contribution in [0.25, 0.3) is 11.4 Å². The fourth-order valence-corrected chi connectivity index (χ4v) is 1.66. The molecule has 2 rings (SSSR count). The van der Waals surface area contributed by atoms with Crippen molar-refractivity contribution in [2.45, 2.75) is 26.8 Å². The standard InChI is InChI=1S/C13H15ClFN3O/c1-13(2,3)10(16)12-17-11(18-19-12)7-4-5-9(15)8(14)6-7/h4-6,10H,16H2,1-3H3/t10-/m0/s1. The van der Waals surface area contributed by atoms with Crippen molar-refractivity contribution >= 4 is 11.6 Å². The summed E-state index contributed by atoms with van der Waals surface area (Å²) in [7, 11) is 0. The van der Waals surface area contributed by atoms with E-state index in [1.54, 1.807) is 6.07 Å². The molecular formula is C13H15ClFN3O. The van der Waals surface area contributed by atoms with Gasteiger partial charge in [0.25, 0.3) is 0 Å². The summed E-state index contributed by atoms with van der Waals surface area (Å²) in [6, 6.07) is 3.88. The lowest BCUT2D eigenvalue weighted by Crippen LogP contribution is -2.26. The van der Waals surface area contributed by atoms with Crippen molar-refractivity contribution in [3.63, 3.8) is 0 Å². The minimum atomic E-state index is -0.486. The van der Waals surface area contributed by atoms with Crippen molar-refractivity contribution in [2.24, 2.45) is 11.1 Å². The molecule has 0 unspecified atom stereocenters. The summed E-state index contributed by atoms with van der Waals surface area (Å²) in [5.74, 6) is 0.208. The molecule has 0 saturated carbocycles. The van der Waals surface area contributed by atoms with Gasteiger partial charge in [-0.05, 0) is 23.6 Å². The zero-order chi connectivity index (χ0) is 14.2.